The normalized spacial score (nSPS) is 12.7. The van der Waals surface area contributed by atoms with E-state index in [0.29, 0.717) is 0 Å². The SMILES string of the molecule is CCCC(Br)NC(=O)O. The fourth-order valence-corrected chi connectivity index (χ4v) is 1.11. The fraction of sp³-hybridized carbons (Fsp3) is 0.800. The maximum atomic E-state index is 9.94. The Bertz CT molecular complexity index is 97.0. The summed E-state index contributed by atoms with van der Waals surface area (Å²) in [6.07, 6.45) is 0.813. The van der Waals surface area contributed by atoms with Crippen molar-refractivity contribution < 1.29 is 9.90 Å². The van der Waals surface area contributed by atoms with Crippen LogP contribution in [0.1, 0.15) is 19.8 Å². The van der Waals surface area contributed by atoms with Gasteiger partial charge < -0.3 is 10.4 Å². The molecular formula is C5H10BrNO2. The second-order valence-electron chi connectivity index (χ2n) is 1.71. The van der Waals surface area contributed by atoms with E-state index in [0.717, 1.165) is 12.8 Å². The molecule has 0 saturated carbocycles. The Labute approximate surface area is 62.6 Å². The third-order valence-corrected chi connectivity index (χ3v) is 1.51. The zero-order valence-electron chi connectivity index (χ0n) is 5.22. The van der Waals surface area contributed by atoms with Crippen LogP contribution in [0.3, 0.4) is 0 Å². The number of amides is 1. The van der Waals surface area contributed by atoms with Crippen LogP contribution in [0.5, 0.6) is 0 Å². The summed E-state index contributed by atoms with van der Waals surface area (Å²) in [5, 5.41) is 10.4. The van der Waals surface area contributed by atoms with Gasteiger partial charge in [-0.2, -0.15) is 0 Å². The number of hydrogen-bond donors (Lipinski definition) is 2. The Hall–Kier alpha value is -0.250. The standard InChI is InChI=1S/C5H10BrNO2/c1-2-3-4(6)7-5(8)9/h4,7H,2-3H2,1H3,(H,8,9). The zero-order valence-corrected chi connectivity index (χ0v) is 6.81. The van der Waals surface area contributed by atoms with Crippen LogP contribution in [-0.2, 0) is 0 Å². The molecule has 0 spiro atoms. The summed E-state index contributed by atoms with van der Waals surface area (Å²) >= 11 is 3.15. The Morgan fingerprint density at radius 1 is 1.89 bits per heavy atom. The van der Waals surface area contributed by atoms with Crippen molar-refractivity contribution in [3.8, 4) is 0 Å². The van der Waals surface area contributed by atoms with Crippen LogP contribution in [0.4, 0.5) is 4.79 Å². The molecule has 4 heteroatoms. The van der Waals surface area contributed by atoms with Crippen molar-refractivity contribution >= 4 is 22.0 Å². The maximum absolute atomic E-state index is 9.94. The van der Waals surface area contributed by atoms with Crippen molar-refractivity contribution in [2.75, 3.05) is 0 Å². The average molecular weight is 196 g/mol. The number of alkyl halides is 1. The predicted octanol–water partition coefficient (Wildman–Crippen LogP) is 1.78. The van der Waals surface area contributed by atoms with E-state index in [2.05, 4.69) is 21.2 Å². The largest absolute Gasteiger partial charge is 0.465 e. The summed E-state index contributed by atoms with van der Waals surface area (Å²) in [6, 6.07) is 0. The fourth-order valence-electron chi connectivity index (χ4n) is 0.460. The van der Waals surface area contributed by atoms with Gasteiger partial charge in [-0.05, 0) is 6.42 Å². The van der Waals surface area contributed by atoms with Crippen molar-refractivity contribution in [3.05, 3.63) is 0 Å². The quantitative estimate of drug-likeness (QED) is 0.533. The van der Waals surface area contributed by atoms with E-state index in [-0.39, 0.29) is 4.95 Å². The molecule has 2 N–H and O–H groups in total. The molecule has 9 heavy (non-hydrogen) atoms. The van der Waals surface area contributed by atoms with Gasteiger partial charge in [0.1, 0.15) is 0 Å². The second-order valence-corrected chi connectivity index (χ2v) is 2.81. The zero-order chi connectivity index (χ0) is 7.28. The molecule has 54 valence electrons. The monoisotopic (exact) mass is 195 g/mol. The lowest BCUT2D eigenvalue weighted by Crippen LogP contribution is -2.28. The predicted molar refractivity (Wildman–Crippen MR) is 38.8 cm³/mol. The number of halogens is 1. The summed E-state index contributed by atoms with van der Waals surface area (Å²) in [4.78, 5) is 9.85. The highest BCUT2D eigenvalue weighted by Gasteiger charge is 2.03. The van der Waals surface area contributed by atoms with Gasteiger partial charge in [0.25, 0.3) is 0 Å². The van der Waals surface area contributed by atoms with Gasteiger partial charge in [-0.3, -0.25) is 0 Å². The lowest BCUT2D eigenvalue weighted by molar-refractivity contribution is 0.193. The topological polar surface area (TPSA) is 49.3 Å². The molecule has 0 aliphatic heterocycles. The van der Waals surface area contributed by atoms with Crippen LogP contribution in [0, 0.1) is 0 Å². The molecule has 3 nitrogen and oxygen atoms in total. The Kier molecular flexibility index (Phi) is 4.48. The molecule has 0 radical (unpaired) electrons. The van der Waals surface area contributed by atoms with Crippen LogP contribution in [0.15, 0.2) is 0 Å². The second kappa shape index (κ2) is 4.61. The van der Waals surface area contributed by atoms with E-state index in [4.69, 9.17) is 5.11 Å². The van der Waals surface area contributed by atoms with Gasteiger partial charge >= 0.3 is 6.09 Å². The maximum Gasteiger partial charge on any atom is 0.405 e. The molecule has 0 heterocycles. The minimum Gasteiger partial charge on any atom is -0.465 e. The highest BCUT2D eigenvalue weighted by Crippen LogP contribution is 2.02. The molecule has 1 unspecified atom stereocenters. The molecule has 0 aromatic heterocycles. The van der Waals surface area contributed by atoms with Gasteiger partial charge in [0.2, 0.25) is 0 Å². The molecule has 1 amide bonds. The summed E-state index contributed by atoms with van der Waals surface area (Å²) in [7, 11) is 0. The Balaban J connectivity index is 3.26. The molecular weight excluding hydrogens is 186 g/mol. The summed E-state index contributed by atoms with van der Waals surface area (Å²) < 4.78 is 0. The lowest BCUT2D eigenvalue weighted by atomic mass is 10.3. The van der Waals surface area contributed by atoms with Gasteiger partial charge in [0.05, 0.1) is 4.95 Å². The van der Waals surface area contributed by atoms with Gasteiger partial charge in [-0.1, -0.05) is 29.3 Å². The molecule has 1 atom stereocenters. The molecule has 0 aliphatic carbocycles. The Morgan fingerprint density at radius 2 is 2.44 bits per heavy atom. The van der Waals surface area contributed by atoms with Crippen LogP contribution in [-0.4, -0.2) is 16.2 Å². The van der Waals surface area contributed by atoms with Gasteiger partial charge in [0, 0.05) is 0 Å². The first-order valence-corrected chi connectivity index (χ1v) is 3.72. The molecule has 0 saturated heterocycles. The molecule has 0 rings (SSSR count). The van der Waals surface area contributed by atoms with E-state index < -0.39 is 6.09 Å². The summed E-state index contributed by atoms with van der Waals surface area (Å²) in [5.74, 6) is 0. The highest BCUT2D eigenvalue weighted by molar-refractivity contribution is 9.09. The Morgan fingerprint density at radius 3 is 2.78 bits per heavy atom. The van der Waals surface area contributed by atoms with Crippen LogP contribution in [0.2, 0.25) is 0 Å². The van der Waals surface area contributed by atoms with Crippen molar-refractivity contribution in [2.24, 2.45) is 0 Å². The first-order valence-electron chi connectivity index (χ1n) is 2.80. The van der Waals surface area contributed by atoms with Crippen molar-refractivity contribution in [3.63, 3.8) is 0 Å². The molecule has 0 aliphatic rings. The minimum absolute atomic E-state index is 0.0972. The minimum atomic E-state index is -0.981. The van der Waals surface area contributed by atoms with E-state index in [9.17, 15) is 4.79 Å². The van der Waals surface area contributed by atoms with Crippen molar-refractivity contribution in [1.29, 1.82) is 0 Å². The third kappa shape index (κ3) is 5.62. The summed E-state index contributed by atoms with van der Waals surface area (Å²) in [6.45, 7) is 2.00. The molecule has 0 fully saturated rings. The van der Waals surface area contributed by atoms with Gasteiger partial charge in [0.15, 0.2) is 0 Å². The number of nitrogens with one attached hydrogen (secondary N) is 1. The van der Waals surface area contributed by atoms with E-state index >= 15 is 0 Å². The van der Waals surface area contributed by atoms with E-state index in [1.807, 2.05) is 6.92 Å². The van der Waals surface area contributed by atoms with E-state index in [1.54, 1.807) is 0 Å². The lowest BCUT2D eigenvalue weighted by Gasteiger charge is -2.05. The molecule has 0 aromatic carbocycles. The van der Waals surface area contributed by atoms with Crippen molar-refractivity contribution in [2.45, 2.75) is 24.7 Å². The van der Waals surface area contributed by atoms with Crippen molar-refractivity contribution in [1.82, 2.24) is 5.32 Å². The number of carboxylic acid groups (broad SMARTS) is 1. The highest BCUT2D eigenvalue weighted by atomic mass is 79.9. The van der Waals surface area contributed by atoms with Gasteiger partial charge in [-0.15, -0.1) is 0 Å². The number of hydrogen-bond acceptors (Lipinski definition) is 1. The smallest absolute Gasteiger partial charge is 0.405 e. The van der Waals surface area contributed by atoms with E-state index in [1.165, 1.54) is 0 Å². The number of carbonyl (C=O) groups is 1. The van der Waals surface area contributed by atoms with Gasteiger partial charge in [-0.25, -0.2) is 4.79 Å². The average Bonchev–Trinajstić information content (AvgIpc) is 1.63. The molecule has 0 bridgehead atoms. The first-order chi connectivity index (χ1) is 4.16. The summed E-state index contributed by atoms with van der Waals surface area (Å²) in [5.41, 5.74) is 0. The van der Waals surface area contributed by atoms with Crippen LogP contribution in [0.25, 0.3) is 0 Å². The van der Waals surface area contributed by atoms with Crippen LogP contribution < -0.4 is 5.32 Å². The first kappa shape index (κ1) is 8.75. The van der Waals surface area contributed by atoms with Crippen LogP contribution >= 0.6 is 15.9 Å². The molecule has 0 aromatic rings. The third-order valence-electron chi connectivity index (χ3n) is 0.822. The number of rotatable bonds is 3.